The van der Waals surface area contributed by atoms with Crippen molar-refractivity contribution in [3.63, 3.8) is 0 Å². The van der Waals surface area contributed by atoms with Gasteiger partial charge in [0, 0.05) is 29.1 Å². The summed E-state index contributed by atoms with van der Waals surface area (Å²) in [5.74, 6) is 0.588. The molecule has 1 aromatic carbocycles. The topological polar surface area (TPSA) is 39.3 Å². The van der Waals surface area contributed by atoms with Crippen LogP contribution >= 0.6 is 0 Å². The zero-order valence-electron chi connectivity index (χ0n) is 13.8. The van der Waals surface area contributed by atoms with Crippen molar-refractivity contribution in [1.82, 2.24) is 9.88 Å². The molecule has 2 atom stereocenters. The van der Waals surface area contributed by atoms with Gasteiger partial charge in [-0.05, 0) is 51.4 Å². The largest absolute Gasteiger partial charge is 0.396 e. The smallest absolute Gasteiger partial charge is 0.0519 e. The molecule has 3 heteroatoms. The van der Waals surface area contributed by atoms with Crippen molar-refractivity contribution in [2.75, 3.05) is 26.7 Å². The van der Waals surface area contributed by atoms with Gasteiger partial charge >= 0.3 is 0 Å². The first kappa shape index (κ1) is 15.3. The summed E-state index contributed by atoms with van der Waals surface area (Å²) in [6.07, 6.45) is 3.34. The molecule has 0 radical (unpaired) electrons. The van der Waals surface area contributed by atoms with Crippen LogP contribution in [0.3, 0.4) is 0 Å². The molecule has 118 valence electrons. The maximum absolute atomic E-state index is 10.1. The van der Waals surface area contributed by atoms with Crippen LogP contribution in [0.4, 0.5) is 0 Å². The molecule has 2 heterocycles. The van der Waals surface area contributed by atoms with E-state index in [0.29, 0.717) is 5.92 Å². The lowest BCUT2D eigenvalue weighted by Crippen LogP contribution is -2.36. The number of piperidine rings is 1. The number of likely N-dealkylation sites (tertiary alicyclic amines) is 1. The van der Waals surface area contributed by atoms with Gasteiger partial charge in [-0.15, -0.1) is 0 Å². The highest BCUT2D eigenvalue weighted by molar-refractivity contribution is 5.84. The number of hydrogen-bond acceptors (Lipinski definition) is 2. The van der Waals surface area contributed by atoms with Crippen LogP contribution in [0.1, 0.15) is 30.5 Å². The van der Waals surface area contributed by atoms with E-state index >= 15 is 0 Å². The number of aliphatic hydroxyl groups is 1. The maximum atomic E-state index is 10.1. The first-order chi connectivity index (χ1) is 10.7. The molecule has 1 saturated heterocycles. The first-order valence-electron chi connectivity index (χ1n) is 8.17. The van der Waals surface area contributed by atoms with E-state index in [-0.39, 0.29) is 12.5 Å². The number of aromatic nitrogens is 1. The lowest BCUT2D eigenvalue weighted by Gasteiger charge is -2.36. The molecule has 22 heavy (non-hydrogen) atoms. The minimum Gasteiger partial charge on any atom is -0.396 e. The summed E-state index contributed by atoms with van der Waals surface area (Å²) in [5, 5.41) is 11.4. The van der Waals surface area contributed by atoms with Crippen molar-refractivity contribution < 1.29 is 5.11 Å². The van der Waals surface area contributed by atoms with Gasteiger partial charge in [0.05, 0.1) is 6.61 Å². The fraction of sp³-hybridized carbons (Fsp3) is 0.474. The summed E-state index contributed by atoms with van der Waals surface area (Å²) >= 11 is 0. The van der Waals surface area contributed by atoms with Crippen molar-refractivity contribution in [2.24, 2.45) is 5.92 Å². The van der Waals surface area contributed by atoms with E-state index in [0.717, 1.165) is 19.5 Å². The number of allylic oxidation sites excluding steroid dienone is 1. The Labute approximate surface area is 132 Å². The second kappa shape index (κ2) is 6.27. The summed E-state index contributed by atoms with van der Waals surface area (Å²) in [6, 6.07) is 8.41. The number of H-pyrrole nitrogens is 1. The average Bonchev–Trinajstić information content (AvgIpc) is 2.87. The molecule has 3 nitrogen and oxygen atoms in total. The third kappa shape index (κ3) is 2.59. The highest BCUT2D eigenvalue weighted by Gasteiger charge is 2.31. The number of benzene rings is 1. The zero-order chi connectivity index (χ0) is 15.7. The van der Waals surface area contributed by atoms with E-state index < -0.39 is 0 Å². The number of aromatic amines is 1. The van der Waals surface area contributed by atoms with Gasteiger partial charge in [0.1, 0.15) is 0 Å². The van der Waals surface area contributed by atoms with Crippen molar-refractivity contribution in [1.29, 1.82) is 0 Å². The predicted octanol–water partition coefficient (Wildman–Crippen LogP) is 3.45. The second-order valence-corrected chi connectivity index (χ2v) is 6.49. The molecular formula is C19H26N2O. The SMILES string of the molecule is C/C=C1/CN(C)CCC1C(CO)c1[nH]c2ccccc2c1C. The summed E-state index contributed by atoms with van der Waals surface area (Å²) < 4.78 is 0. The normalized spacial score (nSPS) is 23.3. The molecule has 2 N–H and O–H groups in total. The lowest BCUT2D eigenvalue weighted by molar-refractivity contribution is 0.194. The highest BCUT2D eigenvalue weighted by atomic mass is 16.3. The van der Waals surface area contributed by atoms with E-state index in [9.17, 15) is 5.11 Å². The third-order valence-corrected chi connectivity index (χ3v) is 5.18. The molecule has 0 spiro atoms. The van der Waals surface area contributed by atoms with Gasteiger partial charge in [-0.25, -0.2) is 0 Å². The highest BCUT2D eigenvalue weighted by Crippen LogP contribution is 2.38. The molecule has 1 aliphatic heterocycles. The Morgan fingerprint density at radius 2 is 2.18 bits per heavy atom. The Morgan fingerprint density at radius 1 is 1.41 bits per heavy atom. The van der Waals surface area contributed by atoms with Crippen LogP contribution in [-0.4, -0.2) is 41.7 Å². The van der Waals surface area contributed by atoms with Crippen LogP contribution in [0.5, 0.6) is 0 Å². The number of rotatable bonds is 3. The minimum absolute atomic E-state index is 0.160. The molecule has 0 saturated carbocycles. The fourth-order valence-electron chi connectivity index (χ4n) is 3.91. The Kier molecular flexibility index (Phi) is 4.37. The number of aryl methyl sites for hydroxylation is 1. The zero-order valence-corrected chi connectivity index (χ0v) is 13.8. The van der Waals surface area contributed by atoms with Gasteiger partial charge in [-0.3, -0.25) is 0 Å². The molecule has 3 rings (SSSR count). The number of likely N-dealkylation sites (N-methyl/N-ethyl adjacent to an activating group) is 1. The van der Waals surface area contributed by atoms with E-state index in [4.69, 9.17) is 0 Å². The molecule has 0 bridgehead atoms. The van der Waals surface area contributed by atoms with E-state index in [2.05, 4.69) is 61.1 Å². The van der Waals surface area contributed by atoms with Gasteiger partial charge in [-0.2, -0.15) is 0 Å². The van der Waals surface area contributed by atoms with Crippen LogP contribution in [0.15, 0.2) is 35.9 Å². The summed E-state index contributed by atoms with van der Waals surface area (Å²) in [6.45, 7) is 6.59. The quantitative estimate of drug-likeness (QED) is 0.852. The van der Waals surface area contributed by atoms with Crippen LogP contribution < -0.4 is 0 Å². The fourth-order valence-corrected chi connectivity index (χ4v) is 3.91. The van der Waals surface area contributed by atoms with E-state index in [1.807, 2.05) is 0 Å². The number of nitrogens with zero attached hydrogens (tertiary/aromatic N) is 1. The number of hydrogen-bond donors (Lipinski definition) is 2. The Bertz CT molecular complexity index is 686. The van der Waals surface area contributed by atoms with E-state index in [1.165, 1.54) is 27.7 Å². The summed E-state index contributed by atoms with van der Waals surface area (Å²) in [4.78, 5) is 5.93. The number of aliphatic hydroxyl groups excluding tert-OH is 1. The number of para-hydroxylation sites is 1. The lowest BCUT2D eigenvalue weighted by atomic mass is 9.78. The minimum atomic E-state index is 0.160. The number of nitrogens with one attached hydrogen (secondary N) is 1. The third-order valence-electron chi connectivity index (χ3n) is 5.18. The Hall–Kier alpha value is -1.58. The van der Waals surface area contributed by atoms with Crippen LogP contribution in [0, 0.1) is 12.8 Å². The van der Waals surface area contributed by atoms with Gasteiger partial charge in [-0.1, -0.05) is 29.8 Å². The van der Waals surface area contributed by atoms with E-state index in [1.54, 1.807) is 0 Å². The molecule has 0 aliphatic carbocycles. The van der Waals surface area contributed by atoms with Gasteiger partial charge < -0.3 is 15.0 Å². The van der Waals surface area contributed by atoms with Crippen LogP contribution in [-0.2, 0) is 0 Å². The van der Waals surface area contributed by atoms with Crippen molar-refractivity contribution >= 4 is 10.9 Å². The Morgan fingerprint density at radius 3 is 2.86 bits per heavy atom. The summed E-state index contributed by atoms with van der Waals surface area (Å²) in [5.41, 5.74) is 5.11. The maximum Gasteiger partial charge on any atom is 0.0519 e. The second-order valence-electron chi connectivity index (χ2n) is 6.49. The average molecular weight is 298 g/mol. The molecule has 1 aliphatic rings. The molecule has 1 aromatic heterocycles. The first-order valence-corrected chi connectivity index (χ1v) is 8.17. The van der Waals surface area contributed by atoms with Gasteiger partial charge in [0.15, 0.2) is 0 Å². The van der Waals surface area contributed by atoms with Crippen LogP contribution in [0.2, 0.25) is 0 Å². The predicted molar refractivity (Wildman–Crippen MR) is 92.2 cm³/mol. The molecule has 0 amide bonds. The monoisotopic (exact) mass is 298 g/mol. The standard InChI is InChI=1S/C19H26N2O/c1-4-14-11-21(3)10-9-16(14)17(12-22)19-13(2)15-7-5-6-8-18(15)20-19/h4-8,16-17,20,22H,9-12H2,1-3H3/b14-4-. The summed E-state index contributed by atoms with van der Waals surface area (Å²) in [7, 11) is 2.17. The van der Waals surface area contributed by atoms with Crippen molar-refractivity contribution in [3.05, 3.63) is 47.2 Å². The van der Waals surface area contributed by atoms with Gasteiger partial charge in [0.25, 0.3) is 0 Å². The van der Waals surface area contributed by atoms with Crippen molar-refractivity contribution in [2.45, 2.75) is 26.2 Å². The molecule has 2 unspecified atom stereocenters. The number of fused-ring (bicyclic) bond motifs is 1. The van der Waals surface area contributed by atoms with Gasteiger partial charge in [0.2, 0.25) is 0 Å². The Balaban J connectivity index is 2.00. The molecule has 1 fully saturated rings. The molecular weight excluding hydrogens is 272 g/mol. The molecule has 2 aromatic rings. The van der Waals surface area contributed by atoms with Crippen molar-refractivity contribution in [3.8, 4) is 0 Å². The van der Waals surface area contributed by atoms with Crippen LogP contribution in [0.25, 0.3) is 10.9 Å².